The molecule has 496 valence electrons. The fourth-order valence-corrected chi connectivity index (χ4v) is 30.5. The first-order valence-corrected chi connectivity index (χ1v) is 51.7. The van der Waals surface area contributed by atoms with Crippen LogP contribution in [0.1, 0.15) is 221 Å². The first-order valence-electron chi connectivity index (χ1n) is 34.0. The number of hydrogen-bond acceptors (Lipinski definition) is 5. The van der Waals surface area contributed by atoms with Crippen LogP contribution in [-0.4, -0.2) is 220 Å². The predicted molar refractivity (Wildman–Crippen MR) is 402 cm³/mol. The van der Waals surface area contributed by atoms with Gasteiger partial charge in [0.1, 0.15) is 0 Å². The summed E-state index contributed by atoms with van der Waals surface area (Å²) in [5.41, 5.74) is 10.7. The third-order valence-electron chi connectivity index (χ3n) is 22.5. The van der Waals surface area contributed by atoms with Crippen molar-refractivity contribution in [1.82, 2.24) is 0 Å². The molecule has 10 aliphatic heterocycles. The van der Waals surface area contributed by atoms with Crippen molar-refractivity contribution in [2.45, 2.75) is 329 Å². The first kappa shape index (κ1) is 82.8. The van der Waals surface area contributed by atoms with Crippen LogP contribution < -0.4 is 0 Å². The average Bonchev–Trinajstić information content (AvgIpc) is 4.44. The largest absolute Gasteiger partial charge is 0.380 e. The smallest absolute Gasteiger partial charge is 0.163 e. The molecule has 10 aliphatic rings. The van der Waals surface area contributed by atoms with Crippen molar-refractivity contribution in [3.05, 3.63) is 0 Å². The van der Waals surface area contributed by atoms with Crippen molar-refractivity contribution < 1.29 is 23.7 Å². The summed E-state index contributed by atoms with van der Waals surface area (Å²) < 4.78 is 28.1. The van der Waals surface area contributed by atoms with Gasteiger partial charge in [-0.2, -0.15) is 0 Å². The maximum atomic E-state index is 5.92. The van der Waals surface area contributed by atoms with E-state index in [2.05, 4.69) is 171 Å². The Balaban J connectivity index is 0.000000321. The van der Waals surface area contributed by atoms with E-state index in [1.807, 2.05) is 13.8 Å². The number of rotatable bonds is 2. The van der Waals surface area contributed by atoms with E-state index in [-0.39, 0.29) is 29.6 Å². The lowest BCUT2D eigenvalue weighted by Gasteiger charge is -2.36. The van der Waals surface area contributed by atoms with Crippen LogP contribution >= 0.6 is 71.3 Å². The number of fused-ring (bicyclic) bond motifs is 1. The van der Waals surface area contributed by atoms with Gasteiger partial charge in [-0.05, 0) is 231 Å². The molecule has 10 saturated heterocycles. The van der Waals surface area contributed by atoms with Crippen molar-refractivity contribution in [3.8, 4) is 0 Å². The summed E-state index contributed by atoms with van der Waals surface area (Å²) in [4.78, 5) is 0. The maximum absolute atomic E-state index is 5.92. The minimum atomic E-state index is -0.353. The predicted octanol–water partition coefficient (Wildman–Crippen LogP) is 22.6. The molecule has 5 nitrogen and oxygen atoms in total. The molecule has 0 aromatic heterocycles. The van der Waals surface area contributed by atoms with Gasteiger partial charge in [0.2, 0.25) is 0 Å². The molecule has 0 bridgehead atoms. The van der Waals surface area contributed by atoms with E-state index >= 15 is 0 Å². The zero-order chi connectivity index (χ0) is 63.3. The van der Waals surface area contributed by atoms with Gasteiger partial charge in [-0.15, -0.1) is 47.5 Å². The number of methoxy groups -OCH3 is 2. The quantitative estimate of drug-likeness (QED) is 0.258. The monoisotopic (exact) mass is 1330 g/mol. The van der Waals surface area contributed by atoms with Crippen LogP contribution in [0.15, 0.2) is 0 Å². The molecular formula is C69H145O5P9. The highest BCUT2D eigenvalue weighted by Crippen LogP contribution is 2.59. The third-order valence-corrected chi connectivity index (χ3v) is 50.7. The average molecular weight is 1330 g/mol. The molecule has 0 N–H and O–H groups in total. The molecule has 10 heterocycles. The molecule has 0 spiro atoms. The van der Waals surface area contributed by atoms with Gasteiger partial charge in [-0.1, -0.05) is 154 Å². The highest BCUT2D eigenvalue weighted by molar-refractivity contribution is 7.60. The van der Waals surface area contributed by atoms with Gasteiger partial charge in [0.05, 0.1) is 37.6 Å². The van der Waals surface area contributed by atoms with E-state index in [4.69, 9.17) is 23.7 Å². The van der Waals surface area contributed by atoms with Crippen LogP contribution in [0, 0.1) is 0 Å². The number of ether oxygens (including phenoxy) is 5. The molecule has 0 aliphatic carbocycles. The van der Waals surface area contributed by atoms with Crippen LogP contribution in [-0.2, 0) is 23.7 Å². The molecule has 10 rings (SSSR count). The summed E-state index contributed by atoms with van der Waals surface area (Å²) in [7, 11) is 6.47. The van der Waals surface area contributed by atoms with Gasteiger partial charge in [0.15, 0.2) is 5.79 Å². The molecule has 6 unspecified atom stereocenters. The Bertz CT molecular complexity index is 1580. The lowest BCUT2D eigenvalue weighted by atomic mass is 10.1. The lowest BCUT2D eigenvalue weighted by molar-refractivity contribution is -0.147. The minimum absolute atomic E-state index is 0.0723. The van der Waals surface area contributed by atoms with E-state index in [9.17, 15) is 0 Å². The van der Waals surface area contributed by atoms with E-state index in [1.54, 1.807) is 14.2 Å². The van der Waals surface area contributed by atoms with Gasteiger partial charge in [0.25, 0.3) is 0 Å². The fraction of sp³-hybridized carbons (Fsp3) is 1.00. The highest BCUT2D eigenvalue weighted by atomic mass is 31.1. The van der Waals surface area contributed by atoms with Crippen LogP contribution in [0.4, 0.5) is 0 Å². The molecule has 0 radical (unpaired) electrons. The van der Waals surface area contributed by atoms with Gasteiger partial charge >= 0.3 is 0 Å². The lowest BCUT2D eigenvalue weighted by Crippen LogP contribution is -2.34. The van der Waals surface area contributed by atoms with Gasteiger partial charge in [-0.3, -0.25) is 0 Å². The Morgan fingerprint density at radius 3 is 0.952 bits per heavy atom. The van der Waals surface area contributed by atoms with E-state index in [0.29, 0.717) is 99.7 Å². The summed E-state index contributed by atoms with van der Waals surface area (Å²) >= 11 is 0. The van der Waals surface area contributed by atoms with Crippen LogP contribution in [0.5, 0.6) is 0 Å². The Hall–Kier alpha value is 3.67. The molecular weight excluding hydrogens is 1190 g/mol. The maximum Gasteiger partial charge on any atom is 0.163 e. The van der Waals surface area contributed by atoms with Crippen LogP contribution in [0.3, 0.4) is 0 Å². The van der Waals surface area contributed by atoms with Crippen molar-refractivity contribution in [2.24, 2.45) is 0 Å². The summed E-state index contributed by atoms with van der Waals surface area (Å²) in [5, 5.41) is 1.42. The molecule has 0 aromatic rings. The van der Waals surface area contributed by atoms with Crippen LogP contribution in [0.25, 0.3) is 0 Å². The van der Waals surface area contributed by atoms with Crippen LogP contribution in [0.2, 0.25) is 0 Å². The third kappa shape index (κ3) is 27.9. The molecule has 0 saturated carbocycles. The molecule has 0 amide bonds. The van der Waals surface area contributed by atoms with E-state index in [1.165, 1.54) is 121 Å². The van der Waals surface area contributed by atoms with Crippen molar-refractivity contribution in [2.75, 3.05) is 112 Å². The molecule has 83 heavy (non-hydrogen) atoms. The van der Waals surface area contributed by atoms with Gasteiger partial charge in [-0.25, -0.2) is 0 Å². The van der Waals surface area contributed by atoms with Gasteiger partial charge < -0.3 is 23.7 Å². The Labute approximate surface area is 533 Å². The minimum Gasteiger partial charge on any atom is -0.380 e. The second-order valence-corrected chi connectivity index (χ2v) is 56.7. The normalized spacial score (nSPS) is 42.3. The second-order valence-electron chi connectivity index (χ2n) is 29.7. The topological polar surface area (TPSA) is 46.2 Å². The number of hydrogen-bond donors (Lipinski definition) is 0. The van der Waals surface area contributed by atoms with Crippen molar-refractivity contribution >= 4 is 71.3 Å². The van der Waals surface area contributed by atoms with E-state index in [0.717, 1.165) is 63.6 Å². The SMILES string of the molecule is COC1C(OC)[C@H](C)P(C)[C@H]1C.CP1CCCC1(C)C.CP1CCCCC1(C)C.C[C@H]1CCCCP1C.C[C@H]1CCCP1C.C[C@H]1CCC[C@H](C)P1C.C[C@H]1CC[C@H](C)P1C.C[C@H]1COC[C@H](C)P1C.C[C@H]1[C@H]2OC(C)(C)O[C@@H]2[C@H](C)P1C. The highest BCUT2D eigenvalue weighted by Gasteiger charge is 2.54. The molecule has 14 heteroatoms. The summed E-state index contributed by atoms with van der Waals surface area (Å²) in [5.74, 6) is -0.353. The molecule has 20 atom stereocenters. The first-order chi connectivity index (χ1) is 38.6. The Kier molecular flexibility index (Phi) is 40.7. The van der Waals surface area contributed by atoms with Gasteiger partial charge in [0, 0.05) is 36.9 Å². The zero-order valence-corrected chi connectivity index (χ0v) is 68.7. The van der Waals surface area contributed by atoms with Crippen molar-refractivity contribution in [1.29, 1.82) is 0 Å². The fourth-order valence-electron chi connectivity index (χ4n) is 13.4. The van der Waals surface area contributed by atoms with Crippen molar-refractivity contribution in [3.63, 3.8) is 0 Å². The summed E-state index contributed by atoms with van der Waals surface area (Å²) in [6.07, 6.45) is 29.8. The summed E-state index contributed by atoms with van der Waals surface area (Å²) in [6.45, 7) is 65.6. The Morgan fingerprint density at radius 1 is 0.337 bits per heavy atom. The summed E-state index contributed by atoms with van der Waals surface area (Å²) in [6, 6.07) is 0. The standard InChI is InChI=1S/C10H19O2P.C9H19O2P.2C8H17P.C7H15OP.3C7H15P.C6H13P/c1-6-8-9(7(2)13(6)5)12-10(3,4)11-8;1-6-8(10-3)9(11-4)7(2)12(6)5;1-8(2)6-4-5-7-9(8)3;1-7-5-4-6-8(2)9(7)3;1-6-4-8-5-7(2)9(6)3;1-7(2)5-4-6-8(7)3;1-6-4-5-7(2)8(6)3;1-7-5-3-4-6-8(7)2;1-6-4-3-5-7(6)2/h6-9H,1-5H3;6-9H,1-5H3;4-7H2,1-3H3;7-8H,4-6H2,1-3H3;6-7H,4-5H2,1-3H3;4-6H2,1-3H3;6-7H,4-5H2,1-3H3;7H,3-6H2,1-2H3;6H,3-5H2,1-2H3/t6-,7-,8+,9+;6-,7-,8?,9?,12?;;7-,8-;6-,7-;;6-,7-;7-,8?;6-,7?/m00.00.000/s1. The Morgan fingerprint density at radius 2 is 0.675 bits per heavy atom. The molecule has 0 aromatic carbocycles. The van der Waals surface area contributed by atoms with E-state index < -0.39 is 0 Å². The molecule has 10 fully saturated rings. The second kappa shape index (κ2) is 40.8. The zero-order valence-electron chi connectivity index (χ0n) is 60.7.